The number of nitrogens with one attached hydrogen (secondary N) is 1. The normalized spacial score (nSPS) is 15.8. The zero-order valence-corrected chi connectivity index (χ0v) is 15.0. The Balaban J connectivity index is 1.38. The van der Waals surface area contributed by atoms with Crippen LogP contribution < -0.4 is 10.2 Å². The first-order valence-electron chi connectivity index (χ1n) is 8.03. The fourth-order valence-corrected chi connectivity index (χ4v) is 4.63. The number of amides is 1. The molecule has 0 unspecified atom stereocenters. The average Bonchev–Trinajstić information content (AvgIpc) is 3.21. The number of nitrogens with zero attached hydrogens (tertiary/aromatic N) is 3. The van der Waals surface area contributed by atoms with Gasteiger partial charge in [0, 0.05) is 30.1 Å². The number of carbonyl (C=O) groups excluding carboxylic acids is 1. The van der Waals surface area contributed by atoms with E-state index in [1.54, 1.807) is 17.5 Å². The predicted molar refractivity (Wildman–Crippen MR) is 100 cm³/mol. The molecule has 0 atom stereocenters. The minimum absolute atomic E-state index is 0.0554. The summed E-state index contributed by atoms with van der Waals surface area (Å²) >= 11 is 3.24. The number of piperidine rings is 1. The van der Waals surface area contributed by atoms with E-state index in [9.17, 15) is 4.79 Å². The van der Waals surface area contributed by atoms with Gasteiger partial charge in [-0.15, -0.1) is 11.3 Å². The van der Waals surface area contributed by atoms with Crippen molar-refractivity contribution >= 4 is 49.1 Å². The molecule has 0 spiro atoms. The molecule has 24 heavy (non-hydrogen) atoms. The molecule has 0 aliphatic carbocycles. The molecule has 124 valence electrons. The van der Waals surface area contributed by atoms with Gasteiger partial charge >= 0.3 is 0 Å². The number of para-hydroxylation sites is 1. The number of hydrogen-bond acceptors (Lipinski definition) is 6. The number of thiazole rings is 2. The molecule has 1 aliphatic rings. The molecule has 1 N–H and O–H groups in total. The maximum Gasteiger partial charge on any atom is 0.229 e. The van der Waals surface area contributed by atoms with Crippen LogP contribution in [0.5, 0.6) is 0 Å². The molecule has 7 heteroatoms. The summed E-state index contributed by atoms with van der Waals surface area (Å²) in [6.45, 7) is 3.73. The van der Waals surface area contributed by atoms with E-state index < -0.39 is 0 Å². The summed E-state index contributed by atoms with van der Waals surface area (Å²) in [6, 6.07) is 8.21. The topological polar surface area (TPSA) is 58.1 Å². The summed E-state index contributed by atoms with van der Waals surface area (Å²) in [5.74, 6) is 0.146. The molecule has 0 bridgehead atoms. The van der Waals surface area contributed by atoms with Crippen molar-refractivity contribution in [2.75, 3.05) is 23.3 Å². The summed E-state index contributed by atoms with van der Waals surface area (Å²) in [7, 11) is 0. The van der Waals surface area contributed by atoms with Gasteiger partial charge in [-0.2, -0.15) is 0 Å². The van der Waals surface area contributed by atoms with Gasteiger partial charge in [-0.05, 0) is 31.9 Å². The minimum Gasteiger partial charge on any atom is -0.348 e. The van der Waals surface area contributed by atoms with Crippen molar-refractivity contribution in [3.63, 3.8) is 0 Å². The number of rotatable bonds is 3. The highest BCUT2D eigenvalue weighted by Crippen LogP contribution is 2.31. The van der Waals surface area contributed by atoms with Crippen LogP contribution in [0.3, 0.4) is 0 Å². The summed E-state index contributed by atoms with van der Waals surface area (Å²) in [5, 5.41) is 4.71. The van der Waals surface area contributed by atoms with Crippen molar-refractivity contribution in [3.05, 3.63) is 35.3 Å². The van der Waals surface area contributed by atoms with Crippen LogP contribution in [0.1, 0.15) is 17.7 Å². The molecule has 0 saturated carbocycles. The molecular formula is C17H18N4OS2. The number of fused-ring (bicyclic) bond motifs is 1. The first-order chi connectivity index (χ1) is 11.7. The number of benzene rings is 1. The molecule has 1 aromatic carbocycles. The van der Waals surface area contributed by atoms with Crippen LogP contribution in [0.2, 0.25) is 0 Å². The van der Waals surface area contributed by atoms with E-state index in [1.807, 2.05) is 25.1 Å². The smallest absolute Gasteiger partial charge is 0.229 e. The third-order valence-electron chi connectivity index (χ3n) is 4.27. The van der Waals surface area contributed by atoms with Gasteiger partial charge in [-0.1, -0.05) is 23.5 Å². The van der Waals surface area contributed by atoms with E-state index in [0.29, 0.717) is 5.13 Å². The van der Waals surface area contributed by atoms with Crippen LogP contribution in [0.25, 0.3) is 10.2 Å². The average molecular weight is 358 g/mol. The second-order valence-electron chi connectivity index (χ2n) is 5.99. The van der Waals surface area contributed by atoms with Gasteiger partial charge in [0.2, 0.25) is 5.91 Å². The maximum atomic E-state index is 12.4. The van der Waals surface area contributed by atoms with Crippen LogP contribution in [0, 0.1) is 12.8 Å². The third kappa shape index (κ3) is 3.14. The third-order valence-corrected chi connectivity index (χ3v) is 6.20. The molecule has 1 amide bonds. The second-order valence-corrected chi connectivity index (χ2v) is 8.23. The maximum absolute atomic E-state index is 12.4. The Morgan fingerprint density at radius 3 is 2.75 bits per heavy atom. The summed E-state index contributed by atoms with van der Waals surface area (Å²) in [5.41, 5.74) is 1.05. The van der Waals surface area contributed by atoms with Crippen molar-refractivity contribution < 1.29 is 4.79 Å². The highest BCUT2D eigenvalue weighted by atomic mass is 32.1. The fraction of sp³-hybridized carbons (Fsp3) is 0.353. The molecule has 0 radical (unpaired) electrons. The van der Waals surface area contributed by atoms with E-state index in [-0.39, 0.29) is 11.8 Å². The van der Waals surface area contributed by atoms with Gasteiger partial charge in [0.1, 0.15) is 0 Å². The molecule has 5 nitrogen and oxygen atoms in total. The van der Waals surface area contributed by atoms with Crippen molar-refractivity contribution in [1.29, 1.82) is 0 Å². The highest BCUT2D eigenvalue weighted by Gasteiger charge is 2.26. The van der Waals surface area contributed by atoms with E-state index in [1.165, 1.54) is 16.0 Å². The van der Waals surface area contributed by atoms with Gasteiger partial charge in [-0.25, -0.2) is 9.97 Å². The molecule has 3 heterocycles. The molecule has 1 fully saturated rings. The zero-order chi connectivity index (χ0) is 16.5. The summed E-state index contributed by atoms with van der Waals surface area (Å²) in [6.07, 6.45) is 3.49. The molecular weight excluding hydrogens is 340 g/mol. The largest absolute Gasteiger partial charge is 0.348 e. The van der Waals surface area contributed by atoms with Crippen LogP contribution in [0.4, 0.5) is 10.3 Å². The monoisotopic (exact) mass is 358 g/mol. The number of carbonyl (C=O) groups is 1. The van der Waals surface area contributed by atoms with E-state index in [0.717, 1.165) is 41.5 Å². The SMILES string of the molecule is Cc1cnc(NC(=O)C2CCN(c3nc4ccccc4s3)CC2)s1. The van der Waals surface area contributed by atoms with Gasteiger partial charge in [0.15, 0.2) is 10.3 Å². The Morgan fingerprint density at radius 1 is 1.25 bits per heavy atom. The molecule has 4 rings (SSSR count). The van der Waals surface area contributed by atoms with Crippen LogP contribution in [0.15, 0.2) is 30.5 Å². The van der Waals surface area contributed by atoms with E-state index in [2.05, 4.69) is 21.3 Å². The van der Waals surface area contributed by atoms with E-state index in [4.69, 9.17) is 4.98 Å². The van der Waals surface area contributed by atoms with Crippen LogP contribution in [-0.4, -0.2) is 29.0 Å². The summed E-state index contributed by atoms with van der Waals surface area (Å²) < 4.78 is 1.21. The summed E-state index contributed by atoms with van der Waals surface area (Å²) in [4.78, 5) is 24.7. The van der Waals surface area contributed by atoms with Gasteiger partial charge in [0.05, 0.1) is 10.2 Å². The zero-order valence-electron chi connectivity index (χ0n) is 13.4. The number of anilines is 2. The lowest BCUT2D eigenvalue weighted by Crippen LogP contribution is -2.38. The lowest BCUT2D eigenvalue weighted by molar-refractivity contribution is -0.120. The molecule has 2 aromatic heterocycles. The van der Waals surface area contributed by atoms with Crippen LogP contribution in [-0.2, 0) is 4.79 Å². The Kier molecular flexibility index (Phi) is 4.20. The molecule has 1 saturated heterocycles. The first kappa shape index (κ1) is 15.5. The van der Waals surface area contributed by atoms with Crippen molar-refractivity contribution in [1.82, 2.24) is 9.97 Å². The molecule has 3 aromatic rings. The van der Waals surface area contributed by atoms with Crippen molar-refractivity contribution in [3.8, 4) is 0 Å². The Morgan fingerprint density at radius 2 is 2.04 bits per heavy atom. The lowest BCUT2D eigenvalue weighted by Gasteiger charge is -2.30. The van der Waals surface area contributed by atoms with Crippen molar-refractivity contribution in [2.45, 2.75) is 19.8 Å². The predicted octanol–water partition coefficient (Wildman–Crippen LogP) is 3.92. The van der Waals surface area contributed by atoms with Gasteiger partial charge in [-0.3, -0.25) is 4.79 Å². The minimum atomic E-state index is 0.0554. The number of aryl methyl sites for hydroxylation is 1. The Hall–Kier alpha value is -1.99. The molecule has 1 aliphatic heterocycles. The number of aromatic nitrogens is 2. The Bertz CT molecular complexity index is 831. The fourth-order valence-electron chi connectivity index (χ4n) is 2.95. The van der Waals surface area contributed by atoms with Crippen LogP contribution >= 0.6 is 22.7 Å². The number of hydrogen-bond donors (Lipinski definition) is 1. The second kappa shape index (κ2) is 6.49. The highest BCUT2D eigenvalue weighted by molar-refractivity contribution is 7.22. The van der Waals surface area contributed by atoms with Gasteiger partial charge in [0.25, 0.3) is 0 Å². The standard InChI is InChI=1S/C17H18N4OS2/c1-11-10-18-16(23-11)20-15(22)12-6-8-21(9-7-12)17-19-13-4-2-3-5-14(13)24-17/h2-5,10,12H,6-9H2,1H3,(H,18,20,22). The Labute approximate surface area is 148 Å². The van der Waals surface area contributed by atoms with Gasteiger partial charge < -0.3 is 10.2 Å². The van der Waals surface area contributed by atoms with E-state index >= 15 is 0 Å². The lowest BCUT2D eigenvalue weighted by atomic mass is 9.96. The first-order valence-corrected chi connectivity index (χ1v) is 9.66. The van der Waals surface area contributed by atoms with Crippen molar-refractivity contribution in [2.24, 2.45) is 5.92 Å². The quantitative estimate of drug-likeness (QED) is 0.771.